The second-order valence-electron chi connectivity index (χ2n) is 3.45. The Morgan fingerprint density at radius 2 is 1.81 bits per heavy atom. The SMILES string of the molecule is Nc1nnnn1-c1cccc2ccccc12. The van der Waals surface area contributed by atoms with Crippen LogP contribution in [0.4, 0.5) is 5.95 Å². The average Bonchev–Trinajstić information content (AvgIpc) is 2.75. The van der Waals surface area contributed by atoms with Gasteiger partial charge in [-0.15, -0.1) is 0 Å². The van der Waals surface area contributed by atoms with Gasteiger partial charge in [0.25, 0.3) is 0 Å². The Hall–Kier alpha value is -2.43. The molecule has 2 N–H and O–H groups in total. The number of rotatable bonds is 1. The molecule has 0 bridgehead atoms. The molecule has 5 nitrogen and oxygen atoms in total. The molecule has 1 heterocycles. The van der Waals surface area contributed by atoms with Gasteiger partial charge in [-0.25, -0.2) is 0 Å². The molecule has 0 saturated heterocycles. The van der Waals surface area contributed by atoms with Crippen molar-refractivity contribution in [1.29, 1.82) is 0 Å². The first-order chi connectivity index (χ1) is 7.86. The van der Waals surface area contributed by atoms with Gasteiger partial charge in [-0.2, -0.15) is 4.68 Å². The zero-order chi connectivity index (χ0) is 11.0. The van der Waals surface area contributed by atoms with Gasteiger partial charge in [0.2, 0.25) is 5.95 Å². The number of anilines is 1. The molecule has 0 radical (unpaired) electrons. The molecule has 0 unspecified atom stereocenters. The number of fused-ring (bicyclic) bond motifs is 1. The number of hydrogen-bond donors (Lipinski definition) is 1. The molecule has 0 amide bonds. The smallest absolute Gasteiger partial charge is 0.245 e. The zero-order valence-corrected chi connectivity index (χ0v) is 8.41. The number of tetrazole rings is 1. The quantitative estimate of drug-likeness (QED) is 0.660. The first-order valence-corrected chi connectivity index (χ1v) is 4.88. The molecule has 0 atom stereocenters. The van der Waals surface area contributed by atoms with E-state index in [0.29, 0.717) is 0 Å². The molecule has 0 aliphatic rings. The van der Waals surface area contributed by atoms with Crippen LogP contribution in [-0.2, 0) is 0 Å². The maximum Gasteiger partial charge on any atom is 0.245 e. The molecule has 2 aromatic carbocycles. The molecule has 0 fully saturated rings. The van der Waals surface area contributed by atoms with Crippen LogP contribution in [0.2, 0.25) is 0 Å². The van der Waals surface area contributed by atoms with Gasteiger partial charge in [-0.1, -0.05) is 41.5 Å². The Labute approximate surface area is 91.5 Å². The van der Waals surface area contributed by atoms with Crippen LogP contribution in [0, 0.1) is 0 Å². The number of hydrogen-bond acceptors (Lipinski definition) is 4. The maximum absolute atomic E-state index is 5.69. The molecule has 78 valence electrons. The van der Waals surface area contributed by atoms with E-state index in [9.17, 15) is 0 Å². The standard InChI is InChI=1S/C11H9N5/c12-11-13-14-15-16(11)10-7-3-5-8-4-1-2-6-9(8)10/h1-7H,(H2,12,13,15). The fourth-order valence-corrected chi connectivity index (χ4v) is 1.76. The molecule has 3 aromatic rings. The third-order valence-corrected chi connectivity index (χ3v) is 2.49. The number of benzene rings is 2. The normalized spacial score (nSPS) is 10.8. The van der Waals surface area contributed by atoms with Crippen molar-refractivity contribution in [3.63, 3.8) is 0 Å². The van der Waals surface area contributed by atoms with Crippen LogP contribution in [-0.4, -0.2) is 20.2 Å². The van der Waals surface area contributed by atoms with Crippen LogP contribution >= 0.6 is 0 Å². The van der Waals surface area contributed by atoms with Crippen molar-refractivity contribution in [3.8, 4) is 5.69 Å². The van der Waals surface area contributed by atoms with E-state index >= 15 is 0 Å². The number of nitrogen functional groups attached to an aromatic ring is 1. The number of nitrogens with two attached hydrogens (primary N) is 1. The summed E-state index contributed by atoms with van der Waals surface area (Å²) in [6, 6.07) is 14.0. The van der Waals surface area contributed by atoms with E-state index in [4.69, 9.17) is 5.73 Å². The van der Waals surface area contributed by atoms with Crippen molar-refractivity contribution < 1.29 is 0 Å². The van der Waals surface area contributed by atoms with Crippen LogP contribution in [0.25, 0.3) is 16.5 Å². The fourth-order valence-electron chi connectivity index (χ4n) is 1.76. The minimum absolute atomic E-state index is 0.288. The minimum atomic E-state index is 0.288. The highest BCUT2D eigenvalue weighted by molar-refractivity contribution is 5.90. The summed E-state index contributed by atoms with van der Waals surface area (Å²) in [7, 11) is 0. The Balaban J connectivity index is 2.36. The molecule has 16 heavy (non-hydrogen) atoms. The lowest BCUT2D eigenvalue weighted by molar-refractivity contribution is 0.796. The van der Waals surface area contributed by atoms with Gasteiger partial charge in [0, 0.05) is 5.39 Å². The molecule has 0 saturated carbocycles. The minimum Gasteiger partial charge on any atom is -0.366 e. The Kier molecular flexibility index (Phi) is 1.83. The third-order valence-electron chi connectivity index (χ3n) is 2.49. The van der Waals surface area contributed by atoms with Crippen LogP contribution in [0.5, 0.6) is 0 Å². The van der Waals surface area contributed by atoms with E-state index in [1.54, 1.807) is 0 Å². The van der Waals surface area contributed by atoms with Crippen molar-refractivity contribution in [2.45, 2.75) is 0 Å². The van der Waals surface area contributed by atoms with Crippen molar-refractivity contribution in [2.75, 3.05) is 5.73 Å². The van der Waals surface area contributed by atoms with Gasteiger partial charge < -0.3 is 5.73 Å². The van der Waals surface area contributed by atoms with E-state index in [0.717, 1.165) is 16.5 Å². The van der Waals surface area contributed by atoms with E-state index in [-0.39, 0.29) is 5.95 Å². The van der Waals surface area contributed by atoms with Crippen LogP contribution < -0.4 is 5.73 Å². The van der Waals surface area contributed by atoms with Crippen molar-refractivity contribution in [1.82, 2.24) is 20.2 Å². The van der Waals surface area contributed by atoms with E-state index in [2.05, 4.69) is 15.5 Å². The molecule has 3 rings (SSSR count). The molecule has 0 aliphatic heterocycles. The molecule has 1 aromatic heterocycles. The van der Waals surface area contributed by atoms with E-state index < -0.39 is 0 Å². The number of aromatic nitrogens is 4. The lowest BCUT2D eigenvalue weighted by Gasteiger charge is -2.05. The Morgan fingerprint density at radius 3 is 2.62 bits per heavy atom. The van der Waals surface area contributed by atoms with Gasteiger partial charge in [0.15, 0.2) is 0 Å². The van der Waals surface area contributed by atoms with Gasteiger partial charge >= 0.3 is 0 Å². The summed E-state index contributed by atoms with van der Waals surface area (Å²) in [5.74, 6) is 0.288. The largest absolute Gasteiger partial charge is 0.366 e. The fraction of sp³-hybridized carbons (Fsp3) is 0. The van der Waals surface area contributed by atoms with E-state index in [1.165, 1.54) is 4.68 Å². The van der Waals surface area contributed by atoms with Crippen LogP contribution in [0.1, 0.15) is 0 Å². The highest BCUT2D eigenvalue weighted by Gasteiger charge is 2.07. The highest BCUT2D eigenvalue weighted by atomic mass is 15.6. The van der Waals surface area contributed by atoms with Crippen LogP contribution in [0.15, 0.2) is 42.5 Å². The van der Waals surface area contributed by atoms with Gasteiger partial charge in [0.1, 0.15) is 0 Å². The first kappa shape index (κ1) is 8.84. The molecular weight excluding hydrogens is 202 g/mol. The molecular formula is C11H9N5. The maximum atomic E-state index is 5.69. The first-order valence-electron chi connectivity index (χ1n) is 4.88. The summed E-state index contributed by atoms with van der Waals surface area (Å²) in [6.07, 6.45) is 0. The predicted molar refractivity (Wildman–Crippen MR) is 61.1 cm³/mol. The lowest BCUT2D eigenvalue weighted by atomic mass is 10.1. The Bertz CT molecular complexity index is 638. The summed E-state index contributed by atoms with van der Waals surface area (Å²) in [5.41, 5.74) is 6.58. The summed E-state index contributed by atoms with van der Waals surface area (Å²) in [6.45, 7) is 0. The van der Waals surface area contributed by atoms with Crippen molar-refractivity contribution >= 4 is 16.7 Å². The molecule has 0 spiro atoms. The number of nitrogens with zero attached hydrogens (tertiary/aromatic N) is 4. The lowest BCUT2D eigenvalue weighted by Crippen LogP contribution is -2.02. The zero-order valence-electron chi connectivity index (χ0n) is 8.41. The molecule has 0 aliphatic carbocycles. The second-order valence-corrected chi connectivity index (χ2v) is 3.45. The summed E-state index contributed by atoms with van der Waals surface area (Å²) < 4.78 is 1.53. The van der Waals surface area contributed by atoms with Crippen molar-refractivity contribution in [2.24, 2.45) is 0 Å². The van der Waals surface area contributed by atoms with Gasteiger partial charge in [0.05, 0.1) is 5.69 Å². The Morgan fingerprint density at radius 1 is 1.00 bits per heavy atom. The molecule has 5 heteroatoms. The summed E-state index contributed by atoms with van der Waals surface area (Å²) in [5, 5.41) is 13.3. The predicted octanol–water partition coefficient (Wildman–Crippen LogP) is 1.40. The summed E-state index contributed by atoms with van der Waals surface area (Å²) >= 11 is 0. The van der Waals surface area contributed by atoms with Gasteiger partial charge in [-0.05, 0) is 21.9 Å². The van der Waals surface area contributed by atoms with Crippen molar-refractivity contribution in [3.05, 3.63) is 42.5 Å². The van der Waals surface area contributed by atoms with Gasteiger partial charge in [-0.3, -0.25) is 0 Å². The monoisotopic (exact) mass is 211 g/mol. The second kappa shape index (κ2) is 3.30. The highest BCUT2D eigenvalue weighted by Crippen LogP contribution is 2.22. The van der Waals surface area contributed by atoms with Crippen LogP contribution in [0.3, 0.4) is 0 Å². The average molecular weight is 211 g/mol. The van der Waals surface area contributed by atoms with E-state index in [1.807, 2.05) is 42.5 Å². The third kappa shape index (κ3) is 1.22. The summed E-state index contributed by atoms with van der Waals surface area (Å²) in [4.78, 5) is 0. The topological polar surface area (TPSA) is 69.6 Å².